The van der Waals surface area contributed by atoms with E-state index in [9.17, 15) is 18.0 Å². The Labute approximate surface area is 174 Å². The summed E-state index contributed by atoms with van der Waals surface area (Å²) in [6.45, 7) is -0.0312. The molecule has 27 heavy (non-hydrogen) atoms. The van der Waals surface area contributed by atoms with E-state index in [2.05, 4.69) is 20.7 Å². The molecule has 1 N–H and O–H groups in total. The number of rotatable bonds is 10. The van der Waals surface area contributed by atoms with Crippen LogP contribution in [-0.4, -0.2) is 45.3 Å². The summed E-state index contributed by atoms with van der Waals surface area (Å²) in [6, 6.07) is 11.0. The first-order valence-corrected chi connectivity index (χ1v) is 12.3. The molecule has 1 heterocycles. The molecule has 0 saturated carbocycles. The van der Waals surface area contributed by atoms with Crippen LogP contribution in [0.3, 0.4) is 0 Å². The SMILES string of the molecule is CS(=O)(=O)NCCc1ccc(C(=O)COC(=O)CSc2ccc(Br)cc2)s1. The molecule has 0 spiro atoms. The topological polar surface area (TPSA) is 89.5 Å². The van der Waals surface area contributed by atoms with Gasteiger partial charge in [-0.1, -0.05) is 15.9 Å². The molecule has 10 heteroatoms. The van der Waals surface area contributed by atoms with Crippen LogP contribution in [0.1, 0.15) is 14.5 Å². The fourth-order valence-corrected chi connectivity index (χ4v) is 4.32. The minimum absolute atomic E-state index is 0.127. The van der Waals surface area contributed by atoms with Gasteiger partial charge >= 0.3 is 5.97 Å². The summed E-state index contributed by atoms with van der Waals surface area (Å²) in [5.41, 5.74) is 0. The van der Waals surface area contributed by atoms with Gasteiger partial charge in [-0.15, -0.1) is 23.1 Å². The number of sulfonamides is 1. The summed E-state index contributed by atoms with van der Waals surface area (Å²) >= 11 is 5.95. The van der Waals surface area contributed by atoms with Crippen molar-refractivity contribution in [1.82, 2.24) is 4.72 Å². The average molecular weight is 492 g/mol. The molecule has 0 aliphatic heterocycles. The van der Waals surface area contributed by atoms with E-state index in [1.807, 2.05) is 24.3 Å². The first-order valence-electron chi connectivity index (χ1n) is 7.83. The highest BCUT2D eigenvalue weighted by Crippen LogP contribution is 2.21. The van der Waals surface area contributed by atoms with Crippen LogP contribution in [0.5, 0.6) is 0 Å². The van der Waals surface area contributed by atoms with Crippen LogP contribution in [0.15, 0.2) is 45.8 Å². The van der Waals surface area contributed by atoms with Gasteiger partial charge in [-0.25, -0.2) is 13.1 Å². The lowest BCUT2D eigenvalue weighted by Crippen LogP contribution is -2.24. The lowest BCUT2D eigenvalue weighted by Gasteiger charge is -2.04. The van der Waals surface area contributed by atoms with Gasteiger partial charge < -0.3 is 4.74 Å². The Morgan fingerprint density at radius 1 is 1.19 bits per heavy atom. The number of nitrogens with one attached hydrogen (secondary N) is 1. The third-order valence-corrected chi connectivity index (χ3v) is 6.64. The minimum Gasteiger partial charge on any atom is -0.457 e. The smallest absolute Gasteiger partial charge is 0.316 e. The van der Waals surface area contributed by atoms with Crippen LogP contribution < -0.4 is 4.72 Å². The molecule has 0 fully saturated rings. The van der Waals surface area contributed by atoms with Gasteiger partial charge in [0.1, 0.15) is 0 Å². The number of carbonyl (C=O) groups is 2. The van der Waals surface area contributed by atoms with Crippen molar-refractivity contribution in [3.05, 3.63) is 50.6 Å². The predicted molar refractivity (Wildman–Crippen MR) is 111 cm³/mol. The number of benzene rings is 1. The van der Waals surface area contributed by atoms with E-state index >= 15 is 0 Å². The molecule has 0 radical (unpaired) electrons. The normalized spacial score (nSPS) is 11.3. The standard InChI is InChI=1S/C17H18BrNO5S3/c1-27(22,23)19-9-8-14-6-7-16(26-14)15(20)10-24-17(21)11-25-13-4-2-12(18)3-5-13/h2-7,19H,8-11H2,1H3. The van der Waals surface area contributed by atoms with Crippen LogP contribution in [0, 0.1) is 0 Å². The maximum Gasteiger partial charge on any atom is 0.316 e. The van der Waals surface area contributed by atoms with E-state index < -0.39 is 16.0 Å². The summed E-state index contributed by atoms with van der Waals surface area (Å²) in [5.74, 6) is -0.600. The molecule has 6 nitrogen and oxygen atoms in total. The van der Waals surface area contributed by atoms with Crippen molar-refractivity contribution in [2.45, 2.75) is 11.3 Å². The summed E-state index contributed by atoms with van der Waals surface area (Å²) in [5, 5.41) is 0. The number of Topliss-reactive ketones (excluding diaryl/α,β-unsaturated/α-hetero) is 1. The zero-order chi connectivity index (χ0) is 19.9. The zero-order valence-corrected chi connectivity index (χ0v) is 18.5. The van der Waals surface area contributed by atoms with Crippen molar-refractivity contribution >= 4 is 60.8 Å². The predicted octanol–water partition coefficient (Wildman–Crippen LogP) is 3.12. The van der Waals surface area contributed by atoms with Gasteiger partial charge in [0.2, 0.25) is 15.8 Å². The van der Waals surface area contributed by atoms with Gasteiger partial charge in [0.25, 0.3) is 0 Å². The summed E-state index contributed by atoms with van der Waals surface area (Å²) in [4.78, 5) is 26.2. The number of thioether (sulfide) groups is 1. The largest absolute Gasteiger partial charge is 0.457 e. The quantitative estimate of drug-likeness (QED) is 0.312. The number of hydrogen-bond acceptors (Lipinski definition) is 7. The first kappa shape index (κ1) is 22.1. The first-order chi connectivity index (χ1) is 12.7. The Morgan fingerprint density at radius 3 is 2.56 bits per heavy atom. The van der Waals surface area contributed by atoms with Crippen molar-refractivity contribution in [3.63, 3.8) is 0 Å². The Balaban J connectivity index is 1.73. The number of ether oxygens (including phenoxy) is 1. The molecular formula is C17H18BrNO5S3. The Morgan fingerprint density at radius 2 is 1.89 bits per heavy atom. The van der Waals surface area contributed by atoms with Gasteiger partial charge in [-0.2, -0.15) is 0 Å². The molecule has 1 aromatic carbocycles. The number of esters is 1. The van der Waals surface area contributed by atoms with E-state index in [1.54, 1.807) is 12.1 Å². The van der Waals surface area contributed by atoms with E-state index in [0.717, 1.165) is 20.5 Å². The highest BCUT2D eigenvalue weighted by Gasteiger charge is 2.13. The van der Waals surface area contributed by atoms with Gasteiger partial charge in [-0.05, 0) is 42.8 Å². The molecule has 1 aromatic heterocycles. The minimum atomic E-state index is -3.22. The number of halogens is 1. The number of thiophene rings is 1. The summed E-state index contributed by atoms with van der Waals surface area (Å²) in [7, 11) is -3.22. The van der Waals surface area contributed by atoms with Crippen LogP contribution in [-0.2, 0) is 26.0 Å². The van der Waals surface area contributed by atoms with E-state index in [-0.39, 0.29) is 24.7 Å². The van der Waals surface area contributed by atoms with Gasteiger partial charge in [0, 0.05) is 20.8 Å². The highest BCUT2D eigenvalue weighted by atomic mass is 79.9. The van der Waals surface area contributed by atoms with Crippen LogP contribution >= 0.6 is 39.0 Å². The van der Waals surface area contributed by atoms with Crippen LogP contribution in [0.2, 0.25) is 0 Å². The average Bonchev–Trinajstić information content (AvgIpc) is 3.07. The summed E-state index contributed by atoms with van der Waals surface area (Å²) < 4.78 is 30.5. The fraction of sp³-hybridized carbons (Fsp3) is 0.294. The van der Waals surface area contributed by atoms with Gasteiger partial charge in [0.05, 0.1) is 16.9 Å². The van der Waals surface area contributed by atoms with E-state index in [4.69, 9.17) is 4.74 Å². The van der Waals surface area contributed by atoms with E-state index in [0.29, 0.717) is 11.3 Å². The van der Waals surface area contributed by atoms with Crippen molar-refractivity contribution in [1.29, 1.82) is 0 Å². The second-order valence-electron chi connectivity index (χ2n) is 5.51. The van der Waals surface area contributed by atoms with Crippen LogP contribution in [0.25, 0.3) is 0 Å². The molecule has 0 amide bonds. The van der Waals surface area contributed by atoms with Crippen molar-refractivity contribution in [2.75, 3.05) is 25.2 Å². The Kier molecular flexibility index (Phi) is 8.49. The zero-order valence-electron chi connectivity index (χ0n) is 14.4. The van der Waals surface area contributed by atoms with E-state index in [1.165, 1.54) is 23.1 Å². The van der Waals surface area contributed by atoms with Gasteiger partial charge in [-0.3, -0.25) is 9.59 Å². The van der Waals surface area contributed by atoms with Crippen molar-refractivity contribution < 1.29 is 22.7 Å². The maximum atomic E-state index is 12.1. The lowest BCUT2D eigenvalue weighted by atomic mass is 10.3. The third kappa shape index (κ3) is 8.56. The lowest BCUT2D eigenvalue weighted by molar-refractivity contribution is -0.139. The maximum absolute atomic E-state index is 12.1. The van der Waals surface area contributed by atoms with Gasteiger partial charge in [0.15, 0.2) is 6.61 Å². The number of ketones is 1. The molecule has 0 saturated heterocycles. The molecule has 146 valence electrons. The van der Waals surface area contributed by atoms with Crippen molar-refractivity contribution in [2.24, 2.45) is 0 Å². The molecular weight excluding hydrogens is 474 g/mol. The second kappa shape index (κ2) is 10.4. The fourth-order valence-electron chi connectivity index (χ4n) is 1.95. The Hall–Kier alpha value is -1.20. The molecule has 0 aliphatic rings. The second-order valence-corrected chi connectivity index (χ2v) is 10.5. The summed E-state index contributed by atoms with van der Waals surface area (Å²) in [6.07, 6.45) is 1.59. The molecule has 0 unspecified atom stereocenters. The molecule has 0 aliphatic carbocycles. The van der Waals surface area contributed by atoms with Crippen LogP contribution in [0.4, 0.5) is 0 Å². The third-order valence-electron chi connectivity index (χ3n) is 3.21. The highest BCUT2D eigenvalue weighted by molar-refractivity contribution is 9.10. The van der Waals surface area contributed by atoms with Crippen molar-refractivity contribution in [3.8, 4) is 0 Å². The molecule has 0 atom stereocenters. The molecule has 0 bridgehead atoms. The molecule has 2 rings (SSSR count). The Bertz CT molecular complexity index is 894. The molecule has 2 aromatic rings. The number of hydrogen-bond donors (Lipinski definition) is 1. The monoisotopic (exact) mass is 491 g/mol. The number of carbonyl (C=O) groups excluding carboxylic acids is 2.